The summed E-state index contributed by atoms with van der Waals surface area (Å²) in [6.45, 7) is 7.88. The highest BCUT2D eigenvalue weighted by molar-refractivity contribution is 6.32. The molecule has 23 heavy (non-hydrogen) atoms. The van der Waals surface area contributed by atoms with Gasteiger partial charge in [-0.3, -0.25) is 4.79 Å². The smallest absolute Gasteiger partial charge is 0.232 e. The van der Waals surface area contributed by atoms with Crippen molar-refractivity contribution in [1.82, 2.24) is 4.98 Å². The SMILES string of the molecule is COc1ccc(NC(=O)Cc2oc(C(C)(C)C)nc2C)cc1Cl. The standard InChI is InChI=1S/C17H21ClN2O3/c1-10-14(23-16(19-10)17(2,3)4)9-15(21)20-11-6-7-13(22-5)12(18)8-11/h6-8H,9H2,1-5H3,(H,20,21). The van der Waals surface area contributed by atoms with Gasteiger partial charge in [0, 0.05) is 11.1 Å². The molecule has 2 aromatic rings. The third-order valence-electron chi connectivity index (χ3n) is 3.29. The number of aryl methyl sites for hydroxylation is 1. The molecule has 1 aromatic heterocycles. The summed E-state index contributed by atoms with van der Waals surface area (Å²) in [6, 6.07) is 5.08. The molecule has 0 radical (unpaired) electrons. The maximum Gasteiger partial charge on any atom is 0.232 e. The van der Waals surface area contributed by atoms with Gasteiger partial charge in [0.15, 0.2) is 5.89 Å². The first-order valence-corrected chi connectivity index (χ1v) is 7.68. The van der Waals surface area contributed by atoms with Crippen molar-refractivity contribution >= 4 is 23.2 Å². The second-order valence-electron chi connectivity index (χ2n) is 6.35. The maximum atomic E-state index is 12.2. The molecule has 6 heteroatoms. The van der Waals surface area contributed by atoms with E-state index in [2.05, 4.69) is 10.3 Å². The predicted octanol–water partition coefficient (Wildman–Crippen LogP) is 4.12. The largest absolute Gasteiger partial charge is 0.495 e. The lowest BCUT2D eigenvalue weighted by Gasteiger charge is -2.12. The molecule has 1 N–H and O–H groups in total. The fraction of sp³-hybridized carbons (Fsp3) is 0.412. The lowest BCUT2D eigenvalue weighted by atomic mass is 9.97. The maximum absolute atomic E-state index is 12.2. The van der Waals surface area contributed by atoms with Crippen molar-refractivity contribution in [2.24, 2.45) is 0 Å². The van der Waals surface area contributed by atoms with Crippen LogP contribution in [0.3, 0.4) is 0 Å². The van der Waals surface area contributed by atoms with Gasteiger partial charge in [-0.15, -0.1) is 0 Å². The number of hydrogen-bond donors (Lipinski definition) is 1. The molecule has 0 aliphatic carbocycles. The molecule has 5 nitrogen and oxygen atoms in total. The number of benzene rings is 1. The number of halogens is 1. The minimum atomic E-state index is -0.191. The van der Waals surface area contributed by atoms with Crippen LogP contribution in [-0.2, 0) is 16.6 Å². The Kier molecular flexibility index (Phi) is 5.00. The highest BCUT2D eigenvalue weighted by Crippen LogP contribution is 2.28. The molecule has 0 fully saturated rings. The van der Waals surface area contributed by atoms with Gasteiger partial charge >= 0.3 is 0 Å². The van der Waals surface area contributed by atoms with Crippen LogP contribution < -0.4 is 10.1 Å². The number of nitrogens with zero attached hydrogens (tertiary/aromatic N) is 1. The highest BCUT2D eigenvalue weighted by atomic mass is 35.5. The van der Waals surface area contributed by atoms with E-state index < -0.39 is 0 Å². The van der Waals surface area contributed by atoms with Crippen molar-refractivity contribution in [3.8, 4) is 5.75 Å². The van der Waals surface area contributed by atoms with E-state index in [1.54, 1.807) is 25.3 Å². The third kappa shape index (κ3) is 4.26. The van der Waals surface area contributed by atoms with Crippen LogP contribution in [0.2, 0.25) is 5.02 Å². The van der Waals surface area contributed by atoms with Crippen molar-refractivity contribution in [3.63, 3.8) is 0 Å². The Balaban J connectivity index is 2.08. The molecule has 1 heterocycles. The summed E-state index contributed by atoms with van der Waals surface area (Å²) in [4.78, 5) is 16.6. The second kappa shape index (κ2) is 6.62. The fourth-order valence-electron chi connectivity index (χ4n) is 2.01. The summed E-state index contributed by atoms with van der Waals surface area (Å²) in [6.07, 6.45) is 0.124. The van der Waals surface area contributed by atoms with Gasteiger partial charge in [0.25, 0.3) is 0 Å². The first-order chi connectivity index (χ1) is 10.7. The average molecular weight is 337 g/mol. The van der Waals surface area contributed by atoms with Gasteiger partial charge in [0.2, 0.25) is 5.91 Å². The molecular formula is C17H21ClN2O3. The van der Waals surface area contributed by atoms with Crippen LogP contribution in [0.1, 0.15) is 38.1 Å². The molecule has 0 unspecified atom stereocenters. The summed E-state index contributed by atoms with van der Waals surface area (Å²) in [7, 11) is 1.54. The van der Waals surface area contributed by atoms with Crippen molar-refractivity contribution in [2.75, 3.05) is 12.4 Å². The number of carbonyl (C=O) groups is 1. The zero-order valence-corrected chi connectivity index (χ0v) is 14.7. The Morgan fingerprint density at radius 1 is 1.39 bits per heavy atom. The van der Waals surface area contributed by atoms with E-state index in [0.29, 0.717) is 28.1 Å². The van der Waals surface area contributed by atoms with E-state index in [4.69, 9.17) is 20.8 Å². The number of oxazole rings is 1. The van der Waals surface area contributed by atoms with Gasteiger partial charge in [-0.05, 0) is 25.1 Å². The van der Waals surface area contributed by atoms with Crippen LogP contribution in [0, 0.1) is 6.92 Å². The first-order valence-electron chi connectivity index (χ1n) is 7.31. The Labute approximate surface area is 141 Å². The average Bonchev–Trinajstić information content (AvgIpc) is 2.80. The van der Waals surface area contributed by atoms with Crippen molar-refractivity contribution < 1.29 is 13.9 Å². The molecule has 0 atom stereocenters. The Bertz CT molecular complexity index is 717. The zero-order valence-electron chi connectivity index (χ0n) is 14.0. The lowest BCUT2D eigenvalue weighted by Crippen LogP contribution is -2.14. The molecule has 0 bridgehead atoms. The number of ether oxygens (including phenoxy) is 1. The van der Waals surface area contributed by atoms with Crippen LogP contribution >= 0.6 is 11.6 Å². The first kappa shape index (κ1) is 17.3. The number of amides is 1. The summed E-state index contributed by atoms with van der Waals surface area (Å²) >= 11 is 6.05. The number of hydrogen-bond acceptors (Lipinski definition) is 4. The van der Waals surface area contributed by atoms with Crippen LogP contribution in [0.25, 0.3) is 0 Å². The van der Waals surface area contributed by atoms with Crippen LogP contribution in [0.4, 0.5) is 5.69 Å². The molecule has 0 saturated heterocycles. The quantitative estimate of drug-likeness (QED) is 0.912. The molecule has 0 saturated carbocycles. The fourth-order valence-corrected chi connectivity index (χ4v) is 2.27. The van der Waals surface area contributed by atoms with Gasteiger partial charge in [-0.25, -0.2) is 4.98 Å². The van der Waals surface area contributed by atoms with E-state index in [1.807, 2.05) is 27.7 Å². The van der Waals surface area contributed by atoms with E-state index in [1.165, 1.54) is 0 Å². The van der Waals surface area contributed by atoms with E-state index >= 15 is 0 Å². The van der Waals surface area contributed by atoms with E-state index in [0.717, 1.165) is 5.69 Å². The molecule has 0 spiro atoms. The molecular weight excluding hydrogens is 316 g/mol. The number of carbonyl (C=O) groups excluding carboxylic acids is 1. The summed E-state index contributed by atoms with van der Waals surface area (Å²) in [5.41, 5.74) is 1.15. The van der Waals surface area contributed by atoms with Crippen LogP contribution in [0.15, 0.2) is 22.6 Å². The summed E-state index contributed by atoms with van der Waals surface area (Å²) in [5.74, 6) is 1.58. The van der Waals surface area contributed by atoms with E-state index in [9.17, 15) is 4.79 Å². The Hall–Kier alpha value is -2.01. The predicted molar refractivity (Wildman–Crippen MR) is 90.3 cm³/mol. The minimum absolute atomic E-state index is 0.124. The van der Waals surface area contributed by atoms with Gasteiger partial charge in [-0.1, -0.05) is 32.4 Å². The van der Waals surface area contributed by atoms with Gasteiger partial charge in [-0.2, -0.15) is 0 Å². The minimum Gasteiger partial charge on any atom is -0.495 e. The highest BCUT2D eigenvalue weighted by Gasteiger charge is 2.23. The Morgan fingerprint density at radius 3 is 2.61 bits per heavy atom. The molecule has 1 amide bonds. The normalized spacial score (nSPS) is 11.4. The topological polar surface area (TPSA) is 64.4 Å². The second-order valence-corrected chi connectivity index (χ2v) is 6.76. The lowest BCUT2D eigenvalue weighted by molar-refractivity contribution is -0.115. The van der Waals surface area contributed by atoms with Gasteiger partial charge < -0.3 is 14.5 Å². The molecule has 0 aliphatic heterocycles. The number of methoxy groups -OCH3 is 1. The molecule has 124 valence electrons. The number of anilines is 1. The van der Waals surface area contributed by atoms with Crippen molar-refractivity contribution in [3.05, 3.63) is 40.6 Å². The molecule has 1 aromatic carbocycles. The van der Waals surface area contributed by atoms with Crippen molar-refractivity contribution in [1.29, 1.82) is 0 Å². The third-order valence-corrected chi connectivity index (χ3v) is 3.59. The van der Waals surface area contributed by atoms with Gasteiger partial charge in [0.05, 0.1) is 24.2 Å². The summed E-state index contributed by atoms with van der Waals surface area (Å²) < 4.78 is 10.8. The van der Waals surface area contributed by atoms with Crippen molar-refractivity contribution in [2.45, 2.75) is 39.5 Å². The molecule has 2 rings (SSSR count). The zero-order chi connectivity index (χ0) is 17.2. The van der Waals surface area contributed by atoms with Gasteiger partial charge in [0.1, 0.15) is 11.5 Å². The number of nitrogens with one attached hydrogen (secondary N) is 1. The number of rotatable bonds is 4. The summed E-state index contributed by atoms with van der Waals surface area (Å²) in [5, 5.41) is 3.23. The van der Waals surface area contributed by atoms with Crippen LogP contribution in [-0.4, -0.2) is 18.0 Å². The molecule has 0 aliphatic rings. The van der Waals surface area contributed by atoms with E-state index in [-0.39, 0.29) is 17.7 Å². The van der Waals surface area contributed by atoms with Crippen LogP contribution in [0.5, 0.6) is 5.75 Å². The Morgan fingerprint density at radius 2 is 2.09 bits per heavy atom. The number of aromatic nitrogens is 1. The monoisotopic (exact) mass is 336 g/mol.